The fraction of sp³-hybridized carbons (Fsp3) is 0.333. The van der Waals surface area contributed by atoms with E-state index < -0.39 is 12.6 Å². The number of halogens is 1. The summed E-state index contributed by atoms with van der Waals surface area (Å²) in [6.07, 6.45) is 0.828. The SMILES string of the molecule is CCc1cccc(Cl)c1NC(=S)CNOCC(=O)O. The van der Waals surface area contributed by atoms with Crippen LogP contribution in [0.3, 0.4) is 0 Å². The second-order valence-corrected chi connectivity index (χ2v) is 4.58. The zero-order valence-corrected chi connectivity index (χ0v) is 12.0. The van der Waals surface area contributed by atoms with Gasteiger partial charge in [-0.25, -0.2) is 4.79 Å². The summed E-state index contributed by atoms with van der Waals surface area (Å²) in [5.74, 6) is -1.05. The van der Waals surface area contributed by atoms with Gasteiger partial charge in [-0.3, -0.25) is 4.84 Å². The van der Waals surface area contributed by atoms with Gasteiger partial charge in [-0.15, -0.1) is 0 Å². The van der Waals surface area contributed by atoms with Crippen LogP contribution in [0.2, 0.25) is 5.02 Å². The Balaban J connectivity index is 2.50. The Labute approximate surface area is 121 Å². The molecule has 3 N–H and O–H groups in total. The molecule has 0 saturated heterocycles. The predicted molar refractivity (Wildman–Crippen MR) is 78.6 cm³/mol. The van der Waals surface area contributed by atoms with Crippen LogP contribution in [0.15, 0.2) is 18.2 Å². The zero-order chi connectivity index (χ0) is 14.3. The monoisotopic (exact) mass is 302 g/mol. The number of hydroxylamine groups is 1. The van der Waals surface area contributed by atoms with Crippen molar-refractivity contribution in [2.45, 2.75) is 13.3 Å². The van der Waals surface area contributed by atoms with Crippen molar-refractivity contribution in [3.63, 3.8) is 0 Å². The molecule has 0 amide bonds. The lowest BCUT2D eigenvalue weighted by Gasteiger charge is -2.13. The third kappa shape index (κ3) is 5.52. The van der Waals surface area contributed by atoms with Crippen LogP contribution in [0.5, 0.6) is 0 Å². The average molecular weight is 303 g/mol. The Morgan fingerprint density at radius 3 is 2.89 bits per heavy atom. The molecule has 0 aliphatic heterocycles. The van der Waals surface area contributed by atoms with Gasteiger partial charge < -0.3 is 10.4 Å². The number of hydrogen-bond acceptors (Lipinski definition) is 4. The summed E-state index contributed by atoms with van der Waals surface area (Å²) in [6.45, 7) is 1.81. The summed E-state index contributed by atoms with van der Waals surface area (Å²) in [4.78, 5) is 15.4. The molecule has 0 aliphatic rings. The van der Waals surface area contributed by atoms with Crippen LogP contribution in [0.1, 0.15) is 12.5 Å². The molecule has 0 atom stereocenters. The molecule has 0 aliphatic carbocycles. The molecule has 0 fully saturated rings. The largest absolute Gasteiger partial charge is 0.479 e. The molecule has 0 saturated carbocycles. The van der Waals surface area contributed by atoms with Crippen LogP contribution >= 0.6 is 23.8 Å². The lowest BCUT2D eigenvalue weighted by atomic mass is 10.1. The van der Waals surface area contributed by atoms with Crippen LogP contribution in [0.4, 0.5) is 5.69 Å². The fourth-order valence-electron chi connectivity index (χ4n) is 1.42. The predicted octanol–water partition coefficient (Wildman–Crippen LogP) is 2.25. The van der Waals surface area contributed by atoms with Gasteiger partial charge in [-0.2, -0.15) is 5.48 Å². The maximum atomic E-state index is 10.2. The lowest BCUT2D eigenvalue weighted by molar-refractivity contribution is -0.144. The number of rotatable bonds is 7. The number of aliphatic carboxylic acids is 1. The highest BCUT2D eigenvalue weighted by Crippen LogP contribution is 2.26. The number of anilines is 1. The van der Waals surface area contributed by atoms with E-state index in [0.29, 0.717) is 10.0 Å². The second kappa shape index (κ2) is 8.06. The highest BCUT2D eigenvalue weighted by molar-refractivity contribution is 7.80. The molecule has 1 aromatic rings. The van der Waals surface area contributed by atoms with Gasteiger partial charge in [0.15, 0.2) is 6.61 Å². The molecule has 104 valence electrons. The van der Waals surface area contributed by atoms with E-state index in [9.17, 15) is 4.79 Å². The zero-order valence-electron chi connectivity index (χ0n) is 10.4. The number of carbonyl (C=O) groups is 1. The minimum atomic E-state index is -1.05. The van der Waals surface area contributed by atoms with Crippen LogP contribution < -0.4 is 10.8 Å². The van der Waals surface area contributed by atoms with Gasteiger partial charge in [-0.05, 0) is 18.1 Å². The molecule has 0 heterocycles. The first-order valence-corrected chi connectivity index (χ1v) is 6.47. The summed E-state index contributed by atoms with van der Waals surface area (Å²) in [6, 6.07) is 5.62. The lowest BCUT2D eigenvalue weighted by Crippen LogP contribution is -2.29. The normalized spacial score (nSPS) is 10.2. The Hall–Kier alpha value is -1.21. The molecule has 0 bridgehead atoms. The summed E-state index contributed by atoms with van der Waals surface area (Å²) >= 11 is 11.2. The number of aryl methyl sites for hydroxylation is 1. The van der Waals surface area contributed by atoms with Gasteiger partial charge in [0.05, 0.1) is 22.2 Å². The molecule has 0 unspecified atom stereocenters. The molecular weight excluding hydrogens is 288 g/mol. The Morgan fingerprint density at radius 1 is 1.53 bits per heavy atom. The molecule has 19 heavy (non-hydrogen) atoms. The summed E-state index contributed by atoms with van der Waals surface area (Å²) in [7, 11) is 0. The Morgan fingerprint density at radius 2 is 2.26 bits per heavy atom. The number of carboxylic acids is 1. The number of carboxylic acid groups (broad SMARTS) is 1. The second-order valence-electron chi connectivity index (χ2n) is 3.68. The molecule has 1 aromatic carbocycles. The first kappa shape index (κ1) is 15.8. The van der Waals surface area contributed by atoms with E-state index in [4.69, 9.17) is 28.9 Å². The molecule has 1 rings (SSSR count). The van der Waals surface area contributed by atoms with Gasteiger partial charge in [-0.1, -0.05) is 42.9 Å². The van der Waals surface area contributed by atoms with Crippen molar-refractivity contribution in [1.29, 1.82) is 0 Å². The smallest absolute Gasteiger partial charge is 0.331 e. The third-order valence-corrected chi connectivity index (χ3v) is 2.84. The number of benzene rings is 1. The standard InChI is InChI=1S/C12H15ClN2O3S/c1-2-8-4-3-5-9(13)12(8)15-10(19)6-14-18-7-11(16)17/h3-5,14H,2,6-7H2,1H3,(H,15,19)(H,16,17). The summed E-state index contributed by atoms with van der Waals surface area (Å²) < 4.78 is 0. The van der Waals surface area contributed by atoms with Crippen molar-refractivity contribution in [3.8, 4) is 0 Å². The van der Waals surface area contributed by atoms with Gasteiger partial charge >= 0.3 is 5.97 Å². The number of hydrogen-bond donors (Lipinski definition) is 3. The van der Waals surface area contributed by atoms with Gasteiger partial charge in [0, 0.05) is 0 Å². The van der Waals surface area contributed by atoms with E-state index in [1.807, 2.05) is 19.1 Å². The number of para-hydroxylation sites is 1. The van der Waals surface area contributed by atoms with E-state index in [2.05, 4.69) is 15.6 Å². The third-order valence-electron chi connectivity index (χ3n) is 2.28. The topological polar surface area (TPSA) is 70.6 Å². The number of nitrogens with one attached hydrogen (secondary N) is 2. The highest BCUT2D eigenvalue weighted by Gasteiger charge is 2.07. The van der Waals surface area contributed by atoms with Crippen molar-refractivity contribution in [2.24, 2.45) is 0 Å². The van der Waals surface area contributed by atoms with Crippen LogP contribution in [-0.4, -0.2) is 29.2 Å². The summed E-state index contributed by atoms with van der Waals surface area (Å²) in [5, 5.41) is 12.0. The number of thiocarbonyl (C=S) groups is 1. The molecule has 0 spiro atoms. The van der Waals surface area contributed by atoms with Crippen LogP contribution in [-0.2, 0) is 16.1 Å². The van der Waals surface area contributed by atoms with Gasteiger partial charge in [0.2, 0.25) is 0 Å². The molecule has 0 radical (unpaired) electrons. The van der Waals surface area contributed by atoms with Crippen LogP contribution in [0.25, 0.3) is 0 Å². The molecule has 7 heteroatoms. The first-order valence-electron chi connectivity index (χ1n) is 5.68. The van der Waals surface area contributed by atoms with Gasteiger partial charge in [0.1, 0.15) is 0 Å². The first-order chi connectivity index (χ1) is 9.04. The van der Waals surface area contributed by atoms with E-state index in [-0.39, 0.29) is 6.54 Å². The van der Waals surface area contributed by atoms with Gasteiger partial charge in [0.25, 0.3) is 0 Å². The summed E-state index contributed by atoms with van der Waals surface area (Å²) in [5.41, 5.74) is 4.30. The van der Waals surface area contributed by atoms with Crippen molar-refractivity contribution >= 4 is 40.5 Å². The Bertz CT molecular complexity index is 468. The minimum absolute atomic E-state index is 0.205. The fourth-order valence-corrected chi connectivity index (χ4v) is 1.82. The highest BCUT2D eigenvalue weighted by atomic mass is 35.5. The van der Waals surface area contributed by atoms with Crippen molar-refractivity contribution in [3.05, 3.63) is 28.8 Å². The van der Waals surface area contributed by atoms with E-state index >= 15 is 0 Å². The van der Waals surface area contributed by atoms with Crippen molar-refractivity contribution in [2.75, 3.05) is 18.5 Å². The maximum Gasteiger partial charge on any atom is 0.331 e. The molecule has 0 aromatic heterocycles. The van der Waals surface area contributed by atoms with E-state index in [1.165, 1.54) is 0 Å². The van der Waals surface area contributed by atoms with E-state index in [1.54, 1.807) is 6.07 Å². The maximum absolute atomic E-state index is 10.2. The van der Waals surface area contributed by atoms with Crippen molar-refractivity contribution < 1.29 is 14.7 Å². The van der Waals surface area contributed by atoms with Crippen molar-refractivity contribution in [1.82, 2.24) is 5.48 Å². The molecular formula is C12H15ClN2O3S. The minimum Gasteiger partial charge on any atom is -0.479 e. The Kier molecular flexibility index (Phi) is 6.72. The van der Waals surface area contributed by atoms with Crippen LogP contribution in [0, 0.1) is 0 Å². The van der Waals surface area contributed by atoms with E-state index in [0.717, 1.165) is 17.7 Å². The average Bonchev–Trinajstić information content (AvgIpc) is 2.37. The quantitative estimate of drug-likeness (QED) is 0.408. The molecule has 5 nitrogen and oxygen atoms in total.